The van der Waals surface area contributed by atoms with Gasteiger partial charge in [0.1, 0.15) is 5.01 Å². The van der Waals surface area contributed by atoms with Gasteiger partial charge in [-0.15, -0.1) is 10.2 Å². The van der Waals surface area contributed by atoms with E-state index in [0.29, 0.717) is 20.7 Å². The van der Waals surface area contributed by atoms with Crippen molar-refractivity contribution in [3.8, 4) is 10.6 Å². The molecule has 1 heterocycles. The molecule has 0 unspecified atom stereocenters. The third kappa shape index (κ3) is 3.69. The Bertz CT molecular complexity index is 879. The van der Waals surface area contributed by atoms with Gasteiger partial charge in [0, 0.05) is 10.6 Å². The molecule has 0 spiro atoms. The molecular formula is C16H11Cl2N3OS. The first-order valence-electron chi connectivity index (χ1n) is 6.70. The Labute approximate surface area is 147 Å². The molecule has 4 nitrogen and oxygen atoms in total. The molecule has 0 aliphatic carbocycles. The van der Waals surface area contributed by atoms with Crippen molar-refractivity contribution in [3.63, 3.8) is 0 Å². The first-order chi connectivity index (χ1) is 11.0. The van der Waals surface area contributed by atoms with Crippen LogP contribution in [-0.2, 0) is 0 Å². The zero-order chi connectivity index (χ0) is 16.4. The van der Waals surface area contributed by atoms with E-state index in [9.17, 15) is 4.79 Å². The summed E-state index contributed by atoms with van der Waals surface area (Å²) in [5.74, 6) is -0.349. The van der Waals surface area contributed by atoms with Crippen LogP contribution in [0.15, 0.2) is 42.5 Å². The number of rotatable bonds is 3. The number of anilines is 1. The monoisotopic (exact) mass is 363 g/mol. The van der Waals surface area contributed by atoms with E-state index in [1.165, 1.54) is 17.4 Å². The molecule has 0 aliphatic heterocycles. The van der Waals surface area contributed by atoms with Crippen molar-refractivity contribution in [2.45, 2.75) is 6.92 Å². The summed E-state index contributed by atoms with van der Waals surface area (Å²) >= 11 is 13.2. The van der Waals surface area contributed by atoms with Crippen LogP contribution >= 0.6 is 34.5 Å². The van der Waals surface area contributed by atoms with Gasteiger partial charge in [-0.3, -0.25) is 10.1 Å². The van der Waals surface area contributed by atoms with Crippen LogP contribution < -0.4 is 5.32 Å². The molecule has 116 valence electrons. The van der Waals surface area contributed by atoms with Gasteiger partial charge in [-0.1, -0.05) is 58.3 Å². The minimum Gasteiger partial charge on any atom is -0.296 e. The van der Waals surface area contributed by atoms with Crippen molar-refractivity contribution in [2.24, 2.45) is 0 Å². The zero-order valence-electron chi connectivity index (χ0n) is 12.0. The standard InChI is InChI=1S/C16H11Cl2N3OS/c1-9-3-2-4-10(7-9)15-20-21-16(23-15)19-14(22)12-6-5-11(17)8-13(12)18/h2-8H,1H3,(H,19,21,22). The summed E-state index contributed by atoms with van der Waals surface area (Å²) in [6.07, 6.45) is 0. The Morgan fingerprint density at radius 3 is 2.70 bits per heavy atom. The highest BCUT2D eigenvalue weighted by atomic mass is 35.5. The molecule has 0 saturated carbocycles. The van der Waals surface area contributed by atoms with Crippen LogP contribution in [0.2, 0.25) is 10.0 Å². The Balaban J connectivity index is 1.80. The lowest BCUT2D eigenvalue weighted by Crippen LogP contribution is -2.12. The van der Waals surface area contributed by atoms with Gasteiger partial charge in [-0.25, -0.2) is 0 Å². The molecule has 7 heteroatoms. The van der Waals surface area contributed by atoms with Gasteiger partial charge in [0.15, 0.2) is 0 Å². The summed E-state index contributed by atoms with van der Waals surface area (Å²) in [5, 5.41) is 12.7. The van der Waals surface area contributed by atoms with E-state index in [1.807, 2.05) is 31.2 Å². The molecule has 23 heavy (non-hydrogen) atoms. The number of aryl methyl sites for hydroxylation is 1. The summed E-state index contributed by atoms with van der Waals surface area (Å²) < 4.78 is 0. The zero-order valence-corrected chi connectivity index (χ0v) is 14.3. The number of nitrogens with zero attached hydrogens (tertiary/aromatic N) is 2. The Hall–Kier alpha value is -1.95. The van der Waals surface area contributed by atoms with Crippen molar-refractivity contribution in [3.05, 3.63) is 63.6 Å². The van der Waals surface area contributed by atoms with Crippen molar-refractivity contribution in [1.82, 2.24) is 10.2 Å². The fraction of sp³-hybridized carbons (Fsp3) is 0.0625. The van der Waals surface area contributed by atoms with E-state index in [4.69, 9.17) is 23.2 Å². The van der Waals surface area contributed by atoms with E-state index < -0.39 is 0 Å². The predicted octanol–water partition coefficient (Wildman–Crippen LogP) is 5.07. The highest BCUT2D eigenvalue weighted by Crippen LogP contribution is 2.28. The number of amides is 1. The summed E-state index contributed by atoms with van der Waals surface area (Å²) in [6, 6.07) is 12.6. The minimum atomic E-state index is -0.349. The van der Waals surface area contributed by atoms with Crippen LogP contribution in [-0.4, -0.2) is 16.1 Å². The van der Waals surface area contributed by atoms with Crippen LogP contribution in [0.4, 0.5) is 5.13 Å². The Kier molecular flexibility index (Phi) is 4.61. The molecule has 3 aromatic rings. The smallest absolute Gasteiger partial charge is 0.259 e. The topological polar surface area (TPSA) is 54.9 Å². The van der Waals surface area contributed by atoms with Crippen LogP contribution in [0.5, 0.6) is 0 Å². The minimum absolute atomic E-state index is 0.290. The molecule has 1 N–H and O–H groups in total. The van der Waals surface area contributed by atoms with Crippen LogP contribution in [0.3, 0.4) is 0 Å². The molecule has 0 atom stereocenters. The summed E-state index contributed by atoms with van der Waals surface area (Å²) in [6.45, 7) is 2.01. The molecule has 0 bridgehead atoms. The summed E-state index contributed by atoms with van der Waals surface area (Å²) in [4.78, 5) is 12.2. The number of nitrogens with one attached hydrogen (secondary N) is 1. The second kappa shape index (κ2) is 6.66. The maximum atomic E-state index is 12.2. The van der Waals surface area contributed by atoms with Crippen LogP contribution in [0, 0.1) is 6.92 Å². The number of carbonyl (C=O) groups is 1. The molecular weight excluding hydrogens is 353 g/mol. The van der Waals surface area contributed by atoms with Gasteiger partial charge in [-0.05, 0) is 31.2 Å². The number of hydrogen-bond acceptors (Lipinski definition) is 4. The van der Waals surface area contributed by atoms with Gasteiger partial charge < -0.3 is 0 Å². The third-order valence-electron chi connectivity index (χ3n) is 3.09. The average Bonchev–Trinajstić information content (AvgIpc) is 2.95. The van der Waals surface area contributed by atoms with E-state index >= 15 is 0 Å². The van der Waals surface area contributed by atoms with Gasteiger partial charge in [0.2, 0.25) is 5.13 Å². The van der Waals surface area contributed by atoms with Gasteiger partial charge in [-0.2, -0.15) is 0 Å². The number of carbonyl (C=O) groups excluding carboxylic acids is 1. The maximum Gasteiger partial charge on any atom is 0.259 e. The third-order valence-corrected chi connectivity index (χ3v) is 4.52. The number of halogens is 2. The largest absolute Gasteiger partial charge is 0.296 e. The number of hydrogen-bond donors (Lipinski definition) is 1. The highest BCUT2D eigenvalue weighted by molar-refractivity contribution is 7.18. The normalized spacial score (nSPS) is 10.6. The second-order valence-electron chi connectivity index (χ2n) is 4.86. The predicted molar refractivity (Wildman–Crippen MR) is 94.5 cm³/mol. The molecule has 0 fully saturated rings. The summed E-state index contributed by atoms with van der Waals surface area (Å²) in [5.41, 5.74) is 2.44. The van der Waals surface area contributed by atoms with Gasteiger partial charge in [0.05, 0.1) is 10.6 Å². The SMILES string of the molecule is Cc1cccc(-c2nnc(NC(=O)c3ccc(Cl)cc3Cl)s2)c1. The first kappa shape index (κ1) is 15.9. The quantitative estimate of drug-likeness (QED) is 0.706. The fourth-order valence-corrected chi connectivity index (χ4v) is 3.24. The second-order valence-corrected chi connectivity index (χ2v) is 6.68. The van der Waals surface area contributed by atoms with E-state index in [2.05, 4.69) is 15.5 Å². The molecule has 3 rings (SSSR count). The Morgan fingerprint density at radius 1 is 1.13 bits per heavy atom. The molecule has 0 radical (unpaired) electrons. The van der Waals surface area contributed by atoms with Gasteiger partial charge in [0.25, 0.3) is 5.91 Å². The van der Waals surface area contributed by atoms with Crippen molar-refractivity contribution in [2.75, 3.05) is 5.32 Å². The first-order valence-corrected chi connectivity index (χ1v) is 8.27. The molecule has 0 aliphatic rings. The molecule has 1 aromatic heterocycles. The van der Waals surface area contributed by atoms with E-state index in [-0.39, 0.29) is 5.91 Å². The van der Waals surface area contributed by atoms with Gasteiger partial charge >= 0.3 is 0 Å². The lowest BCUT2D eigenvalue weighted by atomic mass is 10.1. The average molecular weight is 364 g/mol. The van der Waals surface area contributed by atoms with Crippen molar-refractivity contribution >= 4 is 45.6 Å². The maximum absolute atomic E-state index is 12.2. The lowest BCUT2D eigenvalue weighted by Gasteiger charge is -2.03. The highest BCUT2D eigenvalue weighted by Gasteiger charge is 2.14. The van der Waals surface area contributed by atoms with E-state index in [1.54, 1.807) is 12.1 Å². The van der Waals surface area contributed by atoms with Crippen molar-refractivity contribution in [1.29, 1.82) is 0 Å². The van der Waals surface area contributed by atoms with Crippen LogP contribution in [0.1, 0.15) is 15.9 Å². The fourth-order valence-electron chi connectivity index (χ4n) is 2.01. The number of aromatic nitrogens is 2. The number of benzene rings is 2. The van der Waals surface area contributed by atoms with Crippen LogP contribution in [0.25, 0.3) is 10.6 Å². The lowest BCUT2D eigenvalue weighted by molar-refractivity contribution is 0.102. The van der Waals surface area contributed by atoms with E-state index in [0.717, 1.165) is 16.1 Å². The molecule has 2 aromatic carbocycles. The molecule has 1 amide bonds. The summed E-state index contributed by atoms with van der Waals surface area (Å²) in [7, 11) is 0. The van der Waals surface area contributed by atoms with Crippen molar-refractivity contribution < 1.29 is 4.79 Å². The molecule has 0 saturated heterocycles. The Morgan fingerprint density at radius 2 is 1.96 bits per heavy atom.